The van der Waals surface area contributed by atoms with Crippen LogP contribution in [0, 0.1) is 0 Å². The van der Waals surface area contributed by atoms with Gasteiger partial charge in [0.2, 0.25) is 6.41 Å². The molecule has 0 bridgehead atoms. The fourth-order valence-electron chi connectivity index (χ4n) is 2.57. The van der Waals surface area contributed by atoms with Crippen molar-refractivity contribution in [1.82, 2.24) is 20.2 Å². The maximum absolute atomic E-state index is 12.3. The topological polar surface area (TPSA) is 78.4 Å². The molecule has 0 radical (unpaired) electrons. The fraction of sp³-hybridized carbons (Fsp3) is 0.294. The second-order valence-corrected chi connectivity index (χ2v) is 5.56. The molecule has 3 rings (SSSR count). The summed E-state index contributed by atoms with van der Waals surface area (Å²) in [5.74, 6) is 0.481. The van der Waals surface area contributed by atoms with E-state index in [1.54, 1.807) is 11.0 Å². The summed E-state index contributed by atoms with van der Waals surface area (Å²) in [7, 11) is 0. The van der Waals surface area contributed by atoms with Crippen molar-refractivity contribution in [2.24, 2.45) is 0 Å². The lowest BCUT2D eigenvalue weighted by Gasteiger charge is -2.33. The van der Waals surface area contributed by atoms with Crippen LogP contribution in [0.2, 0.25) is 0 Å². The second kappa shape index (κ2) is 7.54. The maximum atomic E-state index is 12.3. The van der Waals surface area contributed by atoms with Crippen LogP contribution in [0.4, 0.5) is 5.82 Å². The van der Waals surface area contributed by atoms with Crippen molar-refractivity contribution < 1.29 is 9.59 Å². The third-order valence-electron chi connectivity index (χ3n) is 3.97. The van der Waals surface area contributed by atoms with Crippen LogP contribution in [0.5, 0.6) is 0 Å². The number of amides is 2. The first-order valence-electron chi connectivity index (χ1n) is 7.85. The molecule has 0 atom stereocenters. The van der Waals surface area contributed by atoms with Gasteiger partial charge in [0.1, 0.15) is 17.8 Å². The molecule has 0 saturated carbocycles. The molecule has 2 amide bonds. The Morgan fingerprint density at radius 1 is 1.12 bits per heavy atom. The third kappa shape index (κ3) is 3.87. The SMILES string of the molecule is O=CN1CCN(c2cc(C(=O)NCc3ccccc3)ncn2)CC1. The standard InChI is InChI=1S/C17H19N5O2/c23-13-21-6-8-22(9-7-21)16-10-15(19-12-20-16)17(24)18-11-14-4-2-1-3-5-14/h1-5,10,12-13H,6-9,11H2,(H,18,24). The van der Waals surface area contributed by atoms with E-state index >= 15 is 0 Å². The van der Waals surface area contributed by atoms with Gasteiger partial charge in [-0.25, -0.2) is 9.97 Å². The van der Waals surface area contributed by atoms with Gasteiger partial charge in [-0.1, -0.05) is 30.3 Å². The number of carbonyl (C=O) groups is 2. The lowest BCUT2D eigenvalue weighted by atomic mass is 10.2. The number of benzene rings is 1. The van der Waals surface area contributed by atoms with Gasteiger partial charge in [-0.15, -0.1) is 0 Å². The first kappa shape index (κ1) is 15.9. The van der Waals surface area contributed by atoms with Gasteiger partial charge in [0.15, 0.2) is 0 Å². The normalized spacial score (nSPS) is 14.3. The lowest BCUT2D eigenvalue weighted by molar-refractivity contribution is -0.118. The Morgan fingerprint density at radius 2 is 1.88 bits per heavy atom. The molecule has 1 fully saturated rings. The highest BCUT2D eigenvalue weighted by atomic mass is 16.2. The molecular formula is C17H19N5O2. The van der Waals surface area contributed by atoms with E-state index in [1.807, 2.05) is 30.3 Å². The summed E-state index contributed by atoms with van der Waals surface area (Å²) in [5.41, 5.74) is 1.37. The summed E-state index contributed by atoms with van der Waals surface area (Å²) in [6.45, 7) is 3.16. The number of rotatable bonds is 5. The predicted octanol–water partition coefficient (Wildman–Crippen LogP) is 0.685. The molecule has 1 saturated heterocycles. The number of hydrogen-bond donors (Lipinski definition) is 1. The van der Waals surface area contributed by atoms with Crippen molar-refractivity contribution in [2.45, 2.75) is 6.54 Å². The summed E-state index contributed by atoms with van der Waals surface area (Å²) < 4.78 is 0. The van der Waals surface area contributed by atoms with Crippen LogP contribution in [0.3, 0.4) is 0 Å². The fourth-order valence-corrected chi connectivity index (χ4v) is 2.57. The van der Waals surface area contributed by atoms with Crippen molar-refractivity contribution in [3.05, 3.63) is 54.0 Å². The molecule has 0 aliphatic carbocycles. The third-order valence-corrected chi connectivity index (χ3v) is 3.97. The van der Waals surface area contributed by atoms with Gasteiger partial charge in [0, 0.05) is 38.8 Å². The van der Waals surface area contributed by atoms with E-state index in [2.05, 4.69) is 20.2 Å². The summed E-state index contributed by atoms with van der Waals surface area (Å²) in [6, 6.07) is 11.4. The molecule has 7 heteroatoms. The summed E-state index contributed by atoms with van der Waals surface area (Å²) >= 11 is 0. The van der Waals surface area contributed by atoms with Crippen LogP contribution in [-0.4, -0.2) is 53.4 Å². The number of carbonyl (C=O) groups excluding carboxylic acids is 2. The average Bonchev–Trinajstić information content (AvgIpc) is 2.67. The van der Waals surface area contributed by atoms with E-state index in [0.29, 0.717) is 44.2 Å². The Kier molecular flexibility index (Phi) is 5.00. The molecular weight excluding hydrogens is 306 g/mol. The second-order valence-electron chi connectivity index (χ2n) is 5.56. The Morgan fingerprint density at radius 3 is 2.58 bits per heavy atom. The minimum Gasteiger partial charge on any atom is -0.353 e. The Bertz CT molecular complexity index is 699. The van der Waals surface area contributed by atoms with Gasteiger partial charge in [-0.3, -0.25) is 9.59 Å². The van der Waals surface area contributed by atoms with Crippen molar-refractivity contribution >= 4 is 18.1 Å². The molecule has 2 heterocycles. The minimum absolute atomic E-state index is 0.228. The molecule has 124 valence electrons. The van der Waals surface area contributed by atoms with Crippen LogP contribution < -0.4 is 10.2 Å². The predicted molar refractivity (Wildman–Crippen MR) is 89.5 cm³/mol. The van der Waals surface area contributed by atoms with E-state index in [1.165, 1.54) is 6.33 Å². The van der Waals surface area contributed by atoms with Gasteiger partial charge >= 0.3 is 0 Å². The number of nitrogens with one attached hydrogen (secondary N) is 1. The first-order chi connectivity index (χ1) is 11.8. The molecule has 7 nitrogen and oxygen atoms in total. The zero-order valence-electron chi connectivity index (χ0n) is 13.3. The van der Waals surface area contributed by atoms with E-state index in [-0.39, 0.29) is 5.91 Å². The van der Waals surface area contributed by atoms with Crippen molar-refractivity contribution in [2.75, 3.05) is 31.1 Å². The molecule has 1 N–H and O–H groups in total. The zero-order chi connectivity index (χ0) is 16.8. The quantitative estimate of drug-likeness (QED) is 0.818. The van der Waals surface area contributed by atoms with Crippen LogP contribution in [-0.2, 0) is 11.3 Å². The van der Waals surface area contributed by atoms with Gasteiger partial charge in [-0.2, -0.15) is 0 Å². The smallest absolute Gasteiger partial charge is 0.270 e. The molecule has 1 aliphatic rings. The molecule has 1 aliphatic heterocycles. The minimum atomic E-state index is -0.228. The number of aromatic nitrogens is 2. The van der Waals surface area contributed by atoms with Crippen LogP contribution in [0.25, 0.3) is 0 Å². The molecule has 24 heavy (non-hydrogen) atoms. The van der Waals surface area contributed by atoms with Gasteiger partial charge in [-0.05, 0) is 5.56 Å². The molecule has 1 aromatic carbocycles. The van der Waals surface area contributed by atoms with Gasteiger partial charge < -0.3 is 15.1 Å². The highest BCUT2D eigenvalue weighted by Crippen LogP contribution is 2.13. The number of piperazine rings is 1. The average molecular weight is 325 g/mol. The molecule has 0 unspecified atom stereocenters. The van der Waals surface area contributed by atoms with E-state index in [0.717, 1.165) is 12.0 Å². The highest BCUT2D eigenvalue weighted by molar-refractivity contribution is 5.92. The van der Waals surface area contributed by atoms with Gasteiger partial charge in [0.05, 0.1) is 0 Å². The first-order valence-corrected chi connectivity index (χ1v) is 7.85. The number of hydrogen-bond acceptors (Lipinski definition) is 5. The zero-order valence-corrected chi connectivity index (χ0v) is 13.3. The Balaban J connectivity index is 1.62. The van der Waals surface area contributed by atoms with Crippen molar-refractivity contribution in [3.8, 4) is 0 Å². The Hall–Kier alpha value is -2.96. The lowest BCUT2D eigenvalue weighted by Crippen LogP contribution is -2.46. The molecule has 0 spiro atoms. The molecule has 1 aromatic heterocycles. The largest absolute Gasteiger partial charge is 0.353 e. The number of anilines is 1. The number of nitrogens with zero attached hydrogens (tertiary/aromatic N) is 4. The van der Waals surface area contributed by atoms with Gasteiger partial charge in [0.25, 0.3) is 5.91 Å². The van der Waals surface area contributed by atoms with E-state index in [4.69, 9.17) is 0 Å². The van der Waals surface area contributed by atoms with Crippen LogP contribution in [0.15, 0.2) is 42.7 Å². The molecule has 2 aromatic rings. The van der Waals surface area contributed by atoms with Crippen molar-refractivity contribution in [3.63, 3.8) is 0 Å². The van der Waals surface area contributed by atoms with E-state index < -0.39 is 0 Å². The maximum Gasteiger partial charge on any atom is 0.270 e. The van der Waals surface area contributed by atoms with Crippen LogP contribution >= 0.6 is 0 Å². The van der Waals surface area contributed by atoms with E-state index in [9.17, 15) is 9.59 Å². The summed E-state index contributed by atoms with van der Waals surface area (Å²) in [6.07, 6.45) is 2.26. The highest BCUT2D eigenvalue weighted by Gasteiger charge is 2.18. The summed E-state index contributed by atoms with van der Waals surface area (Å²) in [5, 5.41) is 2.86. The monoisotopic (exact) mass is 325 g/mol. The van der Waals surface area contributed by atoms with Crippen LogP contribution in [0.1, 0.15) is 16.1 Å². The summed E-state index contributed by atoms with van der Waals surface area (Å²) in [4.78, 5) is 35.1. The van der Waals surface area contributed by atoms with Crippen molar-refractivity contribution in [1.29, 1.82) is 0 Å². The Labute approximate surface area is 140 Å².